The third kappa shape index (κ3) is 23.7. The highest BCUT2D eigenvalue weighted by atomic mass is 16.6. The average Bonchev–Trinajstić information content (AvgIpc) is 3.56. The normalized spacial score (nSPS) is 12.6. The van der Waals surface area contributed by atoms with Crippen LogP contribution in [0.4, 0.5) is 4.79 Å². The van der Waals surface area contributed by atoms with Crippen molar-refractivity contribution >= 4 is 29.8 Å². The number of rotatable bonds is 35. The van der Waals surface area contributed by atoms with E-state index in [4.69, 9.17) is 24.1 Å². The predicted molar refractivity (Wildman–Crippen MR) is 245 cm³/mol. The molecule has 2 aromatic carbocycles. The Morgan fingerprint density at radius 3 is 1.67 bits per heavy atom. The first-order chi connectivity index (χ1) is 30.4. The molecule has 0 saturated heterocycles. The molecule has 0 heterocycles. The van der Waals surface area contributed by atoms with E-state index in [0.717, 1.165) is 49.7 Å². The second kappa shape index (κ2) is 31.4. The molecule has 4 N–H and O–H groups in total. The zero-order valence-electron chi connectivity index (χ0n) is 38.5. The maximum absolute atomic E-state index is 12.9. The first kappa shape index (κ1) is 52.9. The van der Waals surface area contributed by atoms with Crippen molar-refractivity contribution in [2.45, 2.75) is 167 Å². The van der Waals surface area contributed by atoms with Gasteiger partial charge in [0.1, 0.15) is 18.2 Å². The van der Waals surface area contributed by atoms with Crippen molar-refractivity contribution in [2.24, 2.45) is 0 Å². The Hall–Kier alpha value is -4.49. The van der Waals surface area contributed by atoms with E-state index in [-0.39, 0.29) is 43.8 Å². The van der Waals surface area contributed by atoms with Crippen molar-refractivity contribution in [1.29, 1.82) is 0 Å². The summed E-state index contributed by atoms with van der Waals surface area (Å²) in [7, 11) is 0. The fourth-order valence-corrected chi connectivity index (χ4v) is 7.72. The predicted octanol–water partition coefficient (Wildman–Crippen LogP) is 9.39. The van der Waals surface area contributed by atoms with Gasteiger partial charge in [0.05, 0.1) is 26.4 Å². The number of alkyl carbamates (subject to hydrolysis) is 1. The summed E-state index contributed by atoms with van der Waals surface area (Å²) in [5, 5.41) is 17.2. The maximum atomic E-state index is 12.9. The highest BCUT2D eigenvalue weighted by Crippen LogP contribution is 2.44. The highest BCUT2D eigenvalue weighted by molar-refractivity contribution is 5.84. The summed E-state index contributed by atoms with van der Waals surface area (Å²) in [5.74, 6) is -1.41. The highest BCUT2D eigenvalue weighted by Gasteiger charge is 2.29. The largest absolute Gasteiger partial charge is 0.481 e. The maximum Gasteiger partial charge on any atom is 0.407 e. The Kier molecular flexibility index (Phi) is 26.3. The standard InChI is InChI=1S/C50H77N3O10/c1-50(2,3)63-48(58)44(53-46(55)29-16-14-12-10-8-6-4-5-7-9-11-13-15-17-30-47(56)57)28-22-23-32-51-45(54)31-34-60-36-37-61-35-33-52-49(59)62-38-43-41-26-20-18-24-39(41)40-25-19-21-27-42(40)43/h18-21,24-27,43-44H,4-17,22-23,28-38H2,1-3H3,(H,51,54)(H,52,59)(H,53,55)(H,56,57). The van der Waals surface area contributed by atoms with Crippen LogP contribution in [-0.2, 0) is 38.1 Å². The second-order valence-electron chi connectivity index (χ2n) is 17.6. The zero-order chi connectivity index (χ0) is 45.5. The summed E-state index contributed by atoms with van der Waals surface area (Å²) >= 11 is 0. The summed E-state index contributed by atoms with van der Waals surface area (Å²) in [6.07, 6.45) is 17.7. The molecule has 1 aliphatic rings. The molecule has 0 saturated carbocycles. The summed E-state index contributed by atoms with van der Waals surface area (Å²) in [6, 6.07) is 15.7. The Labute approximate surface area is 376 Å². The van der Waals surface area contributed by atoms with Gasteiger partial charge in [-0.05, 0) is 75.1 Å². The number of benzene rings is 2. The van der Waals surface area contributed by atoms with Gasteiger partial charge < -0.3 is 40.0 Å². The number of nitrogens with one attached hydrogen (secondary N) is 3. The summed E-state index contributed by atoms with van der Waals surface area (Å²) in [6.45, 7) is 7.62. The number of carbonyl (C=O) groups is 5. The number of fused-ring (bicyclic) bond motifs is 3. The Balaban J connectivity index is 1.14. The van der Waals surface area contributed by atoms with Crippen LogP contribution in [0.3, 0.4) is 0 Å². The number of carboxylic acid groups (broad SMARTS) is 1. The minimum absolute atomic E-state index is 0.00388. The lowest BCUT2D eigenvalue weighted by Gasteiger charge is -2.24. The van der Waals surface area contributed by atoms with Gasteiger partial charge >= 0.3 is 18.0 Å². The van der Waals surface area contributed by atoms with Crippen LogP contribution in [0.2, 0.25) is 0 Å². The zero-order valence-corrected chi connectivity index (χ0v) is 38.5. The van der Waals surface area contributed by atoms with Crippen LogP contribution in [0.25, 0.3) is 11.1 Å². The molecular weight excluding hydrogens is 803 g/mol. The molecule has 13 heteroatoms. The number of unbranched alkanes of at least 4 members (excludes halogenated alkanes) is 14. The number of hydrogen-bond acceptors (Lipinski definition) is 9. The van der Waals surface area contributed by atoms with Gasteiger partial charge in [-0.2, -0.15) is 0 Å². The molecule has 0 aromatic heterocycles. The minimum Gasteiger partial charge on any atom is -0.481 e. The van der Waals surface area contributed by atoms with Gasteiger partial charge in [-0.25, -0.2) is 9.59 Å². The Morgan fingerprint density at radius 1 is 0.587 bits per heavy atom. The number of aliphatic carboxylic acids is 1. The van der Waals surface area contributed by atoms with E-state index in [2.05, 4.69) is 40.2 Å². The van der Waals surface area contributed by atoms with Gasteiger partial charge in [0.15, 0.2) is 0 Å². The number of esters is 1. The monoisotopic (exact) mass is 880 g/mol. The Morgan fingerprint density at radius 2 is 1.11 bits per heavy atom. The van der Waals surface area contributed by atoms with Gasteiger partial charge in [-0.1, -0.05) is 126 Å². The van der Waals surface area contributed by atoms with E-state index in [0.29, 0.717) is 58.6 Å². The van der Waals surface area contributed by atoms with Crippen molar-refractivity contribution in [3.63, 3.8) is 0 Å². The van der Waals surface area contributed by atoms with Gasteiger partial charge in [0.2, 0.25) is 11.8 Å². The van der Waals surface area contributed by atoms with E-state index in [1.165, 1.54) is 62.5 Å². The number of ether oxygens (including phenoxy) is 4. The number of amides is 3. The van der Waals surface area contributed by atoms with E-state index in [1.807, 2.05) is 24.3 Å². The summed E-state index contributed by atoms with van der Waals surface area (Å²) in [5.41, 5.74) is 4.01. The summed E-state index contributed by atoms with van der Waals surface area (Å²) < 4.78 is 22.2. The first-order valence-electron chi connectivity index (χ1n) is 23.7. The average molecular weight is 880 g/mol. The molecule has 1 unspecified atom stereocenters. The fraction of sp³-hybridized carbons (Fsp3) is 0.660. The van der Waals surface area contributed by atoms with E-state index < -0.39 is 29.7 Å². The van der Waals surface area contributed by atoms with E-state index in [9.17, 15) is 24.0 Å². The fourth-order valence-electron chi connectivity index (χ4n) is 7.72. The molecule has 0 fully saturated rings. The van der Waals surface area contributed by atoms with Crippen molar-refractivity contribution < 1.29 is 48.0 Å². The molecule has 3 rings (SSSR count). The smallest absolute Gasteiger partial charge is 0.407 e. The lowest BCUT2D eigenvalue weighted by molar-refractivity contribution is -0.159. The molecule has 63 heavy (non-hydrogen) atoms. The van der Waals surface area contributed by atoms with Crippen molar-refractivity contribution in [3.8, 4) is 11.1 Å². The lowest BCUT2D eigenvalue weighted by atomic mass is 9.98. The topological polar surface area (TPSA) is 179 Å². The molecule has 0 radical (unpaired) electrons. The van der Waals surface area contributed by atoms with Gasteiger partial charge in [-0.15, -0.1) is 0 Å². The number of carboxylic acids is 1. The van der Waals surface area contributed by atoms with Crippen LogP contribution in [0, 0.1) is 0 Å². The van der Waals surface area contributed by atoms with Crippen LogP contribution in [-0.4, -0.2) is 92.7 Å². The lowest BCUT2D eigenvalue weighted by Crippen LogP contribution is -2.44. The Bertz CT molecular complexity index is 1600. The van der Waals surface area contributed by atoms with Crippen LogP contribution >= 0.6 is 0 Å². The van der Waals surface area contributed by atoms with Crippen LogP contribution in [0.15, 0.2) is 48.5 Å². The van der Waals surface area contributed by atoms with Crippen LogP contribution in [0.5, 0.6) is 0 Å². The molecule has 13 nitrogen and oxygen atoms in total. The van der Waals surface area contributed by atoms with Crippen molar-refractivity contribution in [1.82, 2.24) is 16.0 Å². The quantitative estimate of drug-likeness (QED) is 0.0385. The number of carbonyl (C=O) groups excluding carboxylic acids is 4. The molecule has 0 aliphatic heterocycles. The molecule has 1 aliphatic carbocycles. The minimum atomic E-state index is -0.733. The van der Waals surface area contributed by atoms with Crippen LogP contribution in [0.1, 0.15) is 166 Å². The molecular formula is C50H77N3O10. The van der Waals surface area contributed by atoms with Crippen molar-refractivity contribution in [2.75, 3.05) is 46.1 Å². The number of hydrogen-bond donors (Lipinski definition) is 4. The molecule has 1 atom stereocenters. The van der Waals surface area contributed by atoms with E-state index >= 15 is 0 Å². The SMILES string of the molecule is CC(C)(C)OC(=O)C(CCCCNC(=O)CCOCCOCCNC(=O)OCC1c2ccccc2-c2ccccc21)NC(=O)CCCCCCCCCCCCCCCCC(=O)O. The van der Waals surface area contributed by atoms with Crippen LogP contribution < -0.4 is 16.0 Å². The third-order valence-corrected chi connectivity index (χ3v) is 11.0. The summed E-state index contributed by atoms with van der Waals surface area (Å²) in [4.78, 5) is 60.9. The van der Waals surface area contributed by atoms with Gasteiger partial charge in [0.25, 0.3) is 0 Å². The first-order valence-corrected chi connectivity index (χ1v) is 23.7. The molecule has 3 amide bonds. The third-order valence-electron chi connectivity index (χ3n) is 11.0. The van der Waals surface area contributed by atoms with Gasteiger partial charge in [-0.3, -0.25) is 14.4 Å². The molecule has 2 aromatic rings. The molecule has 0 spiro atoms. The molecule has 0 bridgehead atoms. The van der Waals surface area contributed by atoms with Crippen molar-refractivity contribution in [3.05, 3.63) is 59.7 Å². The van der Waals surface area contributed by atoms with E-state index in [1.54, 1.807) is 20.8 Å². The van der Waals surface area contributed by atoms with Gasteiger partial charge in [0, 0.05) is 38.3 Å². The second-order valence-corrected chi connectivity index (χ2v) is 17.6. The molecule has 352 valence electrons.